The van der Waals surface area contributed by atoms with Gasteiger partial charge in [-0.1, -0.05) is 24.3 Å². The highest BCUT2D eigenvalue weighted by Crippen LogP contribution is 2.32. The van der Waals surface area contributed by atoms with Crippen molar-refractivity contribution in [3.05, 3.63) is 41.7 Å². The number of hydrogen-bond donors (Lipinski definition) is 2. The zero-order valence-corrected chi connectivity index (χ0v) is 13.2. The van der Waals surface area contributed by atoms with E-state index in [1.807, 2.05) is 26.8 Å². The van der Waals surface area contributed by atoms with Gasteiger partial charge in [0.05, 0.1) is 6.04 Å². The van der Waals surface area contributed by atoms with Crippen molar-refractivity contribution < 1.29 is 14.3 Å². The molecule has 0 bridgehead atoms. The third-order valence-corrected chi connectivity index (χ3v) is 4.04. The fourth-order valence-electron chi connectivity index (χ4n) is 3.08. The number of rotatable bonds is 2. The third-order valence-electron chi connectivity index (χ3n) is 4.04. The Balaban J connectivity index is 2.28. The monoisotopic (exact) mass is 306 g/mol. The maximum absolute atomic E-state index is 13.9. The largest absolute Gasteiger partial charge is 0.465 e. The average molecular weight is 306 g/mol. The Hall–Kier alpha value is -1.88. The SMILES string of the molecule is CC(C)(C)N(C(=O)O)[C@H]1CC=C(c2ccccc2F)C[C@@H]1N. The molecule has 0 saturated heterocycles. The summed E-state index contributed by atoms with van der Waals surface area (Å²) < 4.78 is 13.9. The summed E-state index contributed by atoms with van der Waals surface area (Å²) in [5, 5.41) is 9.50. The molecule has 0 saturated carbocycles. The number of halogens is 1. The van der Waals surface area contributed by atoms with Crippen molar-refractivity contribution in [1.29, 1.82) is 0 Å². The molecule has 120 valence electrons. The molecule has 0 unspecified atom stereocenters. The van der Waals surface area contributed by atoms with Gasteiger partial charge in [-0.3, -0.25) is 4.90 Å². The maximum Gasteiger partial charge on any atom is 0.408 e. The molecule has 0 heterocycles. The van der Waals surface area contributed by atoms with E-state index < -0.39 is 11.6 Å². The lowest BCUT2D eigenvalue weighted by molar-refractivity contribution is 0.0611. The summed E-state index contributed by atoms with van der Waals surface area (Å²) in [4.78, 5) is 13.0. The first-order valence-corrected chi connectivity index (χ1v) is 7.43. The van der Waals surface area contributed by atoms with E-state index in [0.717, 1.165) is 5.57 Å². The fourth-order valence-corrected chi connectivity index (χ4v) is 3.08. The van der Waals surface area contributed by atoms with Crippen LogP contribution in [0, 0.1) is 5.82 Å². The average Bonchev–Trinajstić information content (AvgIpc) is 2.39. The summed E-state index contributed by atoms with van der Waals surface area (Å²) in [6.07, 6.45) is 1.89. The van der Waals surface area contributed by atoms with Gasteiger partial charge in [-0.25, -0.2) is 9.18 Å². The van der Waals surface area contributed by atoms with E-state index in [1.165, 1.54) is 11.0 Å². The highest BCUT2D eigenvalue weighted by Gasteiger charge is 2.38. The molecule has 0 fully saturated rings. The van der Waals surface area contributed by atoms with Gasteiger partial charge < -0.3 is 10.8 Å². The molecule has 1 amide bonds. The van der Waals surface area contributed by atoms with Gasteiger partial charge in [-0.15, -0.1) is 0 Å². The van der Waals surface area contributed by atoms with Crippen LogP contribution in [0.2, 0.25) is 0 Å². The van der Waals surface area contributed by atoms with Crippen molar-refractivity contribution in [1.82, 2.24) is 4.90 Å². The van der Waals surface area contributed by atoms with Gasteiger partial charge in [0, 0.05) is 17.1 Å². The molecule has 2 rings (SSSR count). The summed E-state index contributed by atoms with van der Waals surface area (Å²) in [7, 11) is 0. The highest BCUT2D eigenvalue weighted by molar-refractivity contribution is 5.70. The first-order chi connectivity index (χ1) is 10.2. The van der Waals surface area contributed by atoms with Crippen molar-refractivity contribution in [3.63, 3.8) is 0 Å². The van der Waals surface area contributed by atoms with Gasteiger partial charge in [0.15, 0.2) is 0 Å². The predicted molar refractivity (Wildman–Crippen MR) is 85.0 cm³/mol. The van der Waals surface area contributed by atoms with Gasteiger partial charge >= 0.3 is 6.09 Å². The van der Waals surface area contributed by atoms with E-state index in [2.05, 4.69) is 0 Å². The molecule has 2 atom stereocenters. The Morgan fingerprint density at radius 2 is 2.00 bits per heavy atom. The minimum absolute atomic E-state index is 0.273. The van der Waals surface area contributed by atoms with Crippen LogP contribution in [0.3, 0.4) is 0 Å². The minimum atomic E-state index is -0.976. The molecular weight excluding hydrogens is 283 g/mol. The Bertz CT molecular complexity index is 593. The molecular formula is C17H23FN2O2. The number of hydrogen-bond acceptors (Lipinski definition) is 2. The third kappa shape index (κ3) is 3.30. The van der Waals surface area contributed by atoms with Crippen LogP contribution in [-0.2, 0) is 0 Å². The first kappa shape index (κ1) is 16.5. The van der Waals surface area contributed by atoms with E-state index in [9.17, 15) is 14.3 Å². The van der Waals surface area contributed by atoms with Gasteiger partial charge in [0.2, 0.25) is 0 Å². The Morgan fingerprint density at radius 3 is 2.50 bits per heavy atom. The summed E-state index contributed by atoms with van der Waals surface area (Å²) in [6, 6.07) is 5.94. The van der Waals surface area contributed by atoms with E-state index in [1.54, 1.807) is 18.2 Å². The zero-order valence-electron chi connectivity index (χ0n) is 13.2. The Labute approximate surface area is 130 Å². The van der Waals surface area contributed by atoms with Crippen LogP contribution >= 0.6 is 0 Å². The minimum Gasteiger partial charge on any atom is -0.465 e. The number of carboxylic acid groups (broad SMARTS) is 1. The summed E-state index contributed by atoms with van der Waals surface area (Å²) in [5.74, 6) is -0.273. The van der Waals surface area contributed by atoms with Gasteiger partial charge in [-0.2, -0.15) is 0 Å². The normalized spacial score (nSPS) is 22.1. The highest BCUT2D eigenvalue weighted by atomic mass is 19.1. The number of carbonyl (C=O) groups is 1. The lowest BCUT2D eigenvalue weighted by Gasteiger charge is -2.43. The topological polar surface area (TPSA) is 66.6 Å². The molecule has 1 aliphatic carbocycles. The van der Waals surface area contributed by atoms with E-state index in [0.29, 0.717) is 18.4 Å². The number of benzene rings is 1. The van der Waals surface area contributed by atoms with Gasteiger partial charge in [0.1, 0.15) is 5.82 Å². The second-order valence-corrected chi connectivity index (χ2v) is 6.70. The lowest BCUT2D eigenvalue weighted by Crippen LogP contribution is -2.58. The Kier molecular flexibility index (Phi) is 4.56. The molecule has 1 aliphatic rings. The smallest absolute Gasteiger partial charge is 0.408 e. The number of amides is 1. The molecule has 1 aromatic rings. The lowest BCUT2D eigenvalue weighted by atomic mass is 9.85. The predicted octanol–water partition coefficient (Wildman–Crippen LogP) is 3.48. The maximum atomic E-state index is 13.9. The number of nitrogens with zero attached hydrogens (tertiary/aromatic N) is 1. The van der Waals surface area contributed by atoms with Crippen LogP contribution in [0.4, 0.5) is 9.18 Å². The summed E-state index contributed by atoms with van der Waals surface area (Å²) in [5.41, 5.74) is 7.09. The van der Waals surface area contributed by atoms with Crippen LogP contribution in [-0.4, -0.2) is 33.7 Å². The van der Waals surface area contributed by atoms with Crippen molar-refractivity contribution in [3.8, 4) is 0 Å². The van der Waals surface area contributed by atoms with Crippen molar-refractivity contribution in [2.75, 3.05) is 0 Å². The summed E-state index contributed by atoms with van der Waals surface area (Å²) in [6.45, 7) is 5.55. The van der Waals surface area contributed by atoms with Crippen molar-refractivity contribution in [2.24, 2.45) is 5.73 Å². The van der Waals surface area contributed by atoms with Crippen LogP contribution in [0.15, 0.2) is 30.3 Å². The molecule has 4 nitrogen and oxygen atoms in total. The standard InChI is InChI=1S/C17H23FN2O2/c1-17(2,3)20(16(21)22)15-9-8-11(10-14(15)19)12-6-4-5-7-13(12)18/h4-8,14-15H,9-10,19H2,1-3H3,(H,21,22)/t14-,15-/m0/s1. The second kappa shape index (κ2) is 6.08. The summed E-state index contributed by atoms with van der Waals surface area (Å²) >= 11 is 0. The molecule has 0 aromatic heterocycles. The quantitative estimate of drug-likeness (QED) is 0.879. The van der Waals surface area contributed by atoms with Crippen molar-refractivity contribution >= 4 is 11.7 Å². The molecule has 0 spiro atoms. The second-order valence-electron chi connectivity index (χ2n) is 6.70. The van der Waals surface area contributed by atoms with Crippen LogP contribution in [0.25, 0.3) is 5.57 Å². The fraction of sp³-hybridized carbons (Fsp3) is 0.471. The van der Waals surface area contributed by atoms with E-state index >= 15 is 0 Å². The molecule has 1 aromatic carbocycles. The molecule has 3 N–H and O–H groups in total. The van der Waals surface area contributed by atoms with Gasteiger partial charge in [0.25, 0.3) is 0 Å². The molecule has 0 radical (unpaired) electrons. The Morgan fingerprint density at radius 1 is 1.36 bits per heavy atom. The van der Waals surface area contributed by atoms with Gasteiger partial charge in [-0.05, 0) is 45.3 Å². The number of nitrogens with two attached hydrogens (primary N) is 1. The van der Waals surface area contributed by atoms with Crippen molar-refractivity contribution in [2.45, 2.75) is 51.2 Å². The first-order valence-electron chi connectivity index (χ1n) is 7.43. The van der Waals surface area contributed by atoms with E-state index in [-0.39, 0.29) is 17.9 Å². The van der Waals surface area contributed by atoms with Crippen LogP contribution < -0.4 is 5.73 Å². The van der Waals surface area contributed by atoms with Crippen LogP contribution in [0.1, 0.15) is 39.2 Å². The molecule has 0 aliphatic heterocycles. The molecule has 5 heteroatoms. The molecule has 22 heavy (non-hydrogen) atoms. The van der Waals surface area contributed by atoms with Crippen LogP contribution in [0.5, 0.6) is 0 Å². The zero-order chi connectivity index (χ0) is 16.5. The van der Waals surface area contributed by atoms with E-state index in [4.69, 9.17) is 5.73 Å².